The fourth-order valence-electron chi connectivity index (χ4n) is 5.06. The molecule has 172 valence electrons. The van der Waals surface area contributed by atoms with E-state index in [0.29, 0.717) is 0 Å². The lowest BCUT2D eigenvalue weighted by atomic mass is 10.0. The summed E-state index contributed by atoms with van der Waals surface area (Å²) in [6, 6.07) is 19.4. The number of unbranched alkanes of at least 4 members (excludes halogenated alkanes) is 7. The molecule has 0 nitrogen and oxygen atoms in total. The van der Waals surface area contributed by atoms with Crippen molar-refractivity contribution in [1.29, 1.82) is 0 Å². The third kappa shape index (κ3) is 5.28. The van der Waals surface area contributed by atoms with Crippen molar-refractivity contribution in [3.05, 3.63) is 58.3 Å². The maximum absolute atomic E-state index is 2.44. The fourth-order valence-corrected chi connectivity index (χ4v) is 7.33. The van der Waals surface area contributed by atoms with Crippen LogP contribution in [0.1, 0.15) is 81.4 Å². The topological polar surface area (TPSA) is 0 Å². The van der Waals surface area contributed by atoms with Gasteiger partial charge in [-0.1, -0.05) is 58.8 Å². The highest BCUT2D eigenvalue weighted by molar-refractivity contribution is 7.19. The molecule has 0 fully saturated rings. The maximum atomic E-state index is 2.44. The zero-order valence-electron chi connectivity index (χ0n) is 20.2. The number of aryl methyl sites for hydroxylation is 2. The summed E-state index contributed by atoms with van der Waals surface area (Å²) in [5, 5.41) is 8.33. The van der Waals surface area contributed by atoms with Crippen LogP contribution >= 0.6 is 22.7 Å². The van der Waals surface area contributed by atoms with E-state index in [0.717, 1.165) is 0 Å². The molecule has 0 radical (unpaired) electrons. The first-order chi connectivity index (χ1) is 16.2. The van der Waals surface area contributed by atoms with Crippen molar-refractivity contribution in [1.82, 2.24) is 0 Å². The molecular weight excluding hydrogens is 436 g/mol. The molecule has 0 saturated heterocycles. The van der Waals surface area contributed by atoms with Gasteiger partial charge in [-0.2, -0.15) is 0 Å². The quantitative estimate of drug-likeness (QED) is 0.132. The smallest absolute Gasteiger partial charge is 0.0352 e. The normalized spacial score (nSPS) is 12.1. The van der Waals surface area contributed by atoms with Crippen molar-refractivity contribution < 1.29 is 0 Å². The second-order valence-corrected chi connectivity index (χ2v) is 12.1. The van der Waals surface area contributed by atoms with E-state index in [-0.39, 0.29) is 0 Å². The Balaban J connectivity index is 1.40. The Morgan fingerprint density at radius 3 is 1.30 bits per heavy atom. The summed E-state index contributed by atoms with van der Waals surface area (Å²) in [5.74, 6) is 0. The summed E-state index contributed by atoms with van der Waals surface area (Å²) in [5.41, 5.74) is 0. The number of thiophene rings is 2. The monoisotopic (exact) mass is 472 g/mol. The SMILES string of the molecule is CCCCCCCc1cc2cc3cc4cc5sc(CCCCCC)cc5cc4cc3cc2s1. The van der Waals surface area contributed by atoms with Crippen molar-refractivity contribution in [3.8, 4) is 0 Å². The fraction of sp³-hybridized carbons (Fsp3) is 0.419. The zero-order valence-corrected chi connectivity index (χ0v) is 21.8. The van der Waals surface area contributed by atoms with Crippen LogP contribution < -0.4 is 0 Å². The molecule has 2 heterocycles. The van der Waals surface area contributed by atoms with E-state index in [1.807, 2.05) is 22.7 Å². The van der Waals surface area contributed by atoms with Gasteiger partial charge in [0.05, 0.1) is 0 Å². The number of rotatable bonds is 11. The molecule has 3 aromatic carbocycles. The largest absolute Gasteiger partial charge is 0.140 e. The van der Waals surface area contributed by atoms with Crippen LogP contribution in [-0.2, 0) is 12.8 Å². The summed E-state index contributed by atoms with van der Waals surface area (Å²) in [6.45, 7) is 4.57. The Hall–Kier alpha value is -1.90. The van der Waals surface area contributed by atoms with Gasteiger partial charge in [-0.3, -0.25) is 0 Å². The molecule has 0 spiro atoms. The van der Waals surface area contributed by atoms with Gasteiger partial charge in [0.2, 0.25) is 0 Å². The molecule has 5 rings (SSSR count). The summed E-state index contributed by atoms with van der Waals surface area (Å²) in [4.78, 5) is 3.09. The third-order valence-electron chi connectivity index (χ3n) is 6.97. The Labute approximate surface area is 206 Å². The van der Waals surface area contributed by atoms with Gasteiger partial charge in [-0.25, -0.2) is 0 Å². The van der Waals surface area contributed by atoms with E-state index in [9.17, 15) is 0 Å². The number of hydrogen-bond donors (Lipinski definition) is 0. The number of hydrogen-bond acceptors (Lipinski definition) is 2. The zero-order chi connectivity index (χ0) is 22.6. The van der Waals surface area contributed by atoms with Crippen molar-refractivity contribution >= 4 is 64.4 Å². The van der Waals surface area contributed by atoms with Crippen molar-refractivity contribution in [2.75, 3.05) is 0 Å². The van der Waals surface area contributed by atoms with Gasteiger partial charge in [-0.05, 0) is 107 Å². The lowest BCUT2D eigenvalue weighted by molar-refractivity contribution is 0.634. The molecule has 33 heavy (non-hydrogen) atoms. The summed E-state index contributed by atoms with van der Waals surface area (Å²) < 4.78 is 2.88. The first-order valence-corrected chi connectivity index (χ1v) is 14.7. The summed E-state index contributed by atoms with van der Waals surface area (Å²) in [7, 11) is 0. The minimum atomic E-state index is 1.23. The molecule has 0 amide bonds. The number of benzene rings is 3. The van der Waals surface area contributed by atoms with E-state index in [1.165, 1.54) is 112 Å². The van der Waals surface area contributed by atoms with Crippen molar-refractivity contribution in [2.45, 2.75) is 84.5 Å². The van der Waals surface area contributed by atoms with Crippen LogP contribution in [0.15, 0.2) is 48.5 Å². The lowest BCUT2D eigenvalue weighted by Gasteiger charge is -2.04. The molecule has 0 aliphatic carbocycles. The van der Waals surface area contributed by atoms with Crippen LogP contribution in [0.4, 0.5) is 0 Å². The minimum absolute atomic E-state index is 1.23. The van der Waals surface area contributed by atoms with E-state index in [2.05, 4.69) is 62.4 Å². The molecule has 0 N–H and O–H groups in total. The molecular formula is C31H36S2. The maximum Gasteiger partial charge on any atom is 0.0352 e. The Bertz CT molecular complexity index is 1280. The summed E-state index contributed by atoms with van der Waals surface area (Å²) >= 11 is 4.00. The van der Waals surface area contributed by atoms with Crippen LogP contribution in [0.3, 0.4) is 0 Å². The average molecular weight is 473 g/mol. The molecule has 0 saturated carbocycles. The molecule has 0 aliphatic heterocycles. The second kappa shape index (κ2) is 10.6. The first-order valence-electron chi connectivity index (χ1n) is 13.1. The van der Waals surface area contributed by atoms with E-state index in [4.69, 9.17) is 0 Å². The van der Waals surface area contributed by atoms with Gasteiger partial charge in [0, 0.05) is 19.2 Å². The molecule has 2 heteroatoms. The van der Waals surface area contributed by atoms with Gasteiger partial charge in [0.25, 0.3) is 0 Å². The van der Waals surface area contributed by atoms with Gasteiger partial charge in [0.15, 0.2) is 0 Å². The van der Waals surface area contributed by atoms with Crippen LogP contribution in [0.2, 0.25) is 0 Å². The Morgan fingerprint density at radius 2 is 0.818 bits per heavy atom. The lowest BCUT2D eigenvalue weighted by Crippen LogP contribution is -1.81. The molecule has 0 unspecified atom stereocenters. The Kier molecular flexibility index (Phi) is 7.33. The van der Waals surface area contributed by atoms with Gasteiger partial charge in [0.1, 0.15) is 0 Å². The Morgan fingerprint density at radius 1 is 0.424 bits per heavy atom. The first kappa shape index (κ1) is 22.9. The van der Waals surface area contributed by atoms with Gasteiger partial charge < -0.3 is 0 Å². The van der Waals surface area contributed by atoms with E-state index >= 15 is 0 Å². The summed E-state index contributed by atoms with van der Waals surface area (Å²) in [6.07, 6.45) is 14.6. The minimum Gasteiger partial charge on any atom is -0.140 e. The highest BCUT2D eigenvalue weighted by atomic mass is 32.1. The van der Waals surface area contributed by atoms with E-state index in [1.54, 1.807) is 9.75 Å². The van der Waals surface area contributed by atoms with Crippen LogP contribution in [-0.4, -0.2) is 0 Å². The van der Waals surface area contributed by atoms with Crippen molar-refractivity contribution in [3.63, 3.8) is 0 Å². The molecule has 0 bridgehead atoms. The van der Waals surface area contributed by atoms with Crippen LogP contribution in [0.5, 0.6) is 0 Å². The highest BCUT2D eigenvalue weighted by Gasteiger charge is 2.08. The molecule has 2 aromatic heterocycles. The number of fused-ring (bicyclic) bond motifs is 4. The highest BCUT2D eigenvalue weighted by Crippen LogP contribution is 2.36. The van der Waals surface area contributed by atoms with Crippen LogP contribution in [0, 0.1) is 0 Å². The van der Waals surface area contributed by atoms with Gasteiger partial charge in [-0.15, -0.1) is 22.7 Å². The predicted molar refractivity (Wildman–Crippen MR) is 153 cm³/mol. The standard InChI is InChI=1S/C31H36S2/c1-3-5-7-9-11-13-29-19-27-17-23-15-24-20-30-26(18-28(32-30)12-10-8-6-4-2)16-22(24)14-25(23)21-31(27)33-29/h14-21H,3-13H2,1-2H3. The molecule has 5 aromatic rings. The average Bonchev–Trinajstić information content (AvgIpc) is 3.39. The molecule has 0 aliphatic rings. The predicted octanol–water partition coefficient (Wildman–Crippen LogP) is 11.1. The van der Waals surface area contributed by atoms with Crippen LogP contribution in [0.25, 0.3) is 41.7 Å². The second-order valence-electron chi connectivity index (χ2n) is 9.73. The van der Waals surface area contributed by atoms with Crippen molar-refractivity contribution in [2.24, 2.45) is 0 Å². The van der Waals surface area contributed by atoms with Gasteiger partial charge >= 0.3 is 0 Å². The van der Waals surface area contributed by atoms with E-state index < -0.39 is 0 Å². The third-order valence-corrected chi connectivity index (χ3v) is 9.29. The molecule has 0 atom stereocenters.